The van der Waals surface area contributed by atoms with Gasteiger partial charge in [-0.2, -0.15) is 0 Å². The van der Waals surface area contributed by atoms with Gasteiger partial charge in [0.25, 0.3) is 5.56 Å². The van der Waals surface area contributed by atoms with Crippen LogP contribution in [0.25, 0.3) is 5.69 Å². The summed E-state index contributed by atoms with van der Waals surface area (Å²) in [6.07, 6.45) is 2.42. The molecule has 0 saturated heterocycles. The quantitative estimate of drug-likeness (QED) is 0.232. The molecule has 202 valence electrons. The second-order valence-electron chi connectivity index (χ2n) is 11.2. The minimum absolute atomic E-state index is 0.0184. The first-order valence-corrected chi connectivity index (χ1v) is 15.6. The molecule has 1 saturated carbocycles. The van der Waals surface area contributed by atoms with E-state index in [1.54, 1.807) is 12.1 Å². The van der Waals surface area contributed by atoms with Crippen molar-refractivity contribution in [2.24, 2.45) is 0 Å². The molecule has 1 aromatic heterocycles. The van der Waals surface area contributed by atoms with E-state index in [1.807, 2.05) is 0 Å². The lowest BCUT2D eigenvalue weighted by Crippen LogP contribution is -2.40. The van der Waals surface area contributed by atoms with Crippen molar-refractivity contribution < 1.29 is 27.1 Å². The van der Waals surface area contributed by atoms with Crippen molar-refractivity contribution >= 4 is 14.3 Å². The van der Waals surface area contributed by atoms with Gasteiger partial charge in [0.05, 0.1) is 17.9 Å². The van der Waals surface area contributed by atoms with Gasteiger partial charge in [-0.25, -0.2) is 18.0 Å². The number of ether oxygens (including phenoxy) is 1. The largest absolute Gasteiger partial charge is 0.423 e. The average Bonchev–Trinajstić information content (AvgIpc) is 2.79. The molecule has 0 unspecified atom stereocenters. The lowest BCUT2D eigenvalue weighted by atomic mass is 9.82. The summed E-state index contributed by atoms with van der Waals surface area (Å²) in [4.78, 5) is 26.0. The molecule has 0 spiro atoms. The number of esters is 1. The fourth-order valence-electron chi connectivity index (χ4n) is 4.04. The highest BCUT2D eigenvalue weighted by Crippen LogP contribution is 2.39. The van der Waals surface area contributed by atoms with Gasteiger partial charge in [-0.3, -0.25) is 9.36 Å². The average molecular weight is 544 g/mol. The van der Waals surface area contributed by atoms with Gasteiger partial charge in [0.15, 0.2) is 20.0 Å². The molecule has 1 aliphatic rings. The van der Waals surface area contributed by atoms with E-state index in [1.165, 1.54) is 24.3 Å². The third-order valence-corrected chi connectivity index (χ3v) is 12.1. The number of carbonyl (C=O) groups excluding carboxylic acids is 1. The Morgan fingerprint density at radius 1 is 1.03 bits per heavy atom. The van der Waals surface area contributed by atoms with Gasteiger partial charge in [-0.1, -0.05) is 45.4 Å². The van der Waals surface area contributed by atoms with Crippen LogP contribution in [-0.4, -0.2) is 18.9 Å². The summed E-state index contributed by atoms with van der Waals surface area (Å²) >= 11 is 0. The number of aromatic nitrogens is 1. The van der Waals surface area contributed by atoms with Gasteiger partial charge in [-0.05, 0) is 55.1 Å². The molecule has 0 N–H and O–H groups in total. The molecular formula is C29H32F3NO4Si. The molecular weight excluding hydrogens is 511 g/mol. The maximum atomic E-state index is 15.3. The summed E-state index contributed by atoms with van der Waals surface area (Å²) in [6, 6.07) is 10.5. The summed E-state index contributed by atoms with van der Waals surface area (Å²) < 4.78 is 56.4. The van der Waals surface area contributed by atoms with Crippen LogP contribution in [0.2, 0.25) is 18.1 Å². The molecule has 1 aliphatic carbocycles. The highest BCUT2D eigenvalue weighted by Gasteiger charge is 2.37. The normalized spacial score (nSPS) is 14.3. The van der Waals surface area contributed by atoms with Crippen molar-refractivity contribution in [2.75, 3.05) is 0 Å². The number of nitrogens with zero attached hydrogens (tertiary/aromatic N) is 1. The smallest absolute Gasteiger partial charge is 0.346 e. The molecule has 5 nitrogen and oxygen atoms in total. The first-order chi connectivity index (χ1) is 17.8. The molecule has 3 aromatic rings. The molecule has 4 rings (SSSR count). The van der Waals surface area contributed by atoms with Crippen molar-refractivity contribution in [1.82, 2.24) is 4.57 Å². The van der Waals surface area contributed by atoms with Crippen LogP contribution in [0.15, 0.2) is 53.3 Å². The molecule has 0 radical (unpaired) electrons. The first kappa shape index (κ1) is 27.9. The molecule has 0 aliphatic heterocycles. The fraction of sp³-hybridized carbons (Fsp3) is 0.379. The van der Waals surface area contributed by atoms with Crippen molar-refractivity contribution in [3.63, 3.8) is 0 Å². The molecule has 0 atom stereocenters. The Bertz CT molecular complexity index is 1420. The zero-order valence-electron chi connectivity index (χ0n) is 22.2. The van der Waals surface area contributed by atoms with Crippen LogP contribution in [0.4, 0.5) is 13.2 Å². The molecule has 2 aromatic carbocycles. The van der Waals surface area contributed by atoms with E-state index >= 15 is 4.39 Å². The number of halogens is 3. The summed E-state index contributed by atoms with van der Waals surface area (Å²) in [5.74, 6) is -4.10. The fourth-order valence-corrected chi connectivity index (χ4v) is 4.99. The van der Waals surface area contributed by atoms with E-state index in [9.17, 15) is 18.4 Å². The summed E-state index contributed by atoms with van der Waals surface area (Å²) in [6.45, 7) is 10.4. The Hall–Kier alpha value is -3.17. The van der Waals surface area contributed by atoms with Crippen LogP contribution < -0.4 is 10.3 Å². The third kappa shape index (κ3) is 5.49. The van der Waals surface area contributed by atoms with Gasteiger partial charge in [-0.15, -0.1) is 0 Å². The van der Waals surface area contributed by atoms with Gasteiger partial charge in [0, 0.05) is 23.4 Å². The predicted molar refractivity (Wildman–Crippen MR) is 142 cm³/mol. The number of pyridine rings is 1. The van der Waals surface area contributed by atoms with Crippen molar-refractivity contribution in [2.45, 2.75) is 70.7 Å². The number of hydrogen-bond donors (Lipinski definition) is 0. The number of carbonyl (C=O) groups is 1. The Balaban J connectivity index is 1.63. The van der Waals surface area contributed by atoms with Crippen molar-refractivity contribution in [3.05, 3.63) is 93.2 Å². The highest BCUT2D eigenvalue weighted by atomic mass is 28.4. The van der Waals surface area contributed by atoms with Crippen LogP contribution >= 0.6 is 0 Å². The highest BCUT2D eigenvalue weighted by molar-refractivity contribution is 6.74. The Morgan fingerprint density at radius 3 is 2.34 bits per heavy atom. The van der Waals surface area contributed by atoms with Gasteiger partial charge >= 0.3 is 5.97 Å². The van der Waals surface area contributed by atoms with Crippen LogP contribution in [0.3, 0.4) is 0 Å². The Labute approximate surface area is 221 Å². The minimum Gasteiger partial charge on any atom is -0.423 e. The van der Waals surface area contributed by atoms with Crippen molar-refractivity contribution in [3.8, 4) is 11.4 Å². The summed E-state index contributed by atoms with van der Waals surface area (Å²) in [5, 5.41) is -0.0627. The van der Waals surface area contributed by atoms with E-state index < -0.39 is 37.3 Å². The Morgan fingerprint density at radius 2 is 1.71 bits per heavy atom. The lowest BCUT2D eigenvalue weighted by Gasteiger charge is -2.36. The van der Waals surface area contributed by atoms with E-state index in [-0.39, 0.29) is 40.1 Å². The topological polar surface area (TPSA) is 57.5 Å². The van der Waals surface area contributed by atoms with E-state index in [4.69, 9.17) is 9.16 Å². The molecule has 9 heteroatoms. The predicted octanol–water partition coefficient (Wildman–Crippen LogP) is 7.26. The zero-order valence-corrected chi connectivity index (χ0v) is 23.2. The van der Waals surface area contributed by atoms with Crippen LogP contribution in [0, 0.1) is 17.5 Å². The van der Waals surface area contributed by atoms with Gasteiger partial charge in [0.2, 0.25) is 0 Å². The second kappa shape index (κ2) is 10.5. The minimum atomic E-state index is -2.15. The van der Waals surface area contributed by atoms with Gasteiger partial charge < -0.3 is 9.16 Å². The van der Waals surface area contributed by atoms with E-state index in [0.29, 0.717) is 5.69 Å². The first-order valence-electron chi connectivity index (χ1n) is 12.6. The maximum absolute atomic E-state index is 15.3. The number of hydrogen-bond acceptors (Lipinski definition) is 4. The molecule has 0 amide bonds. The summed E-state index contributed by atoms with van der Waals surface area (Å²) in [7, 11) is -2.15. The molecule has 38 heavy (non-hydrogen) atoms. The van der Waals surface area contributed by atoms with E-state index in [2.05, 4.69) is 33.9 Å². The Kier molecular flexibility index (Phi) is 7.72. The second-order valence-corrected chi connectivity index (χ2v) is 16.0. The third-order valence-electron chi connectivity index (χ3n) is 7.63. The number of rotatable bonds is 7. The lowest BCUT2D eigenvalue weighted by molar-refractivity contribution is 0.0728. The SMILES string of the molecule is CC(C)(C)[Si](C)(C)OCc1cccc(C(=O)Oc2cc(C3CCC3)n(-c3cccc(F)c3F)c(=O)c2)c1F. The monoisotopic (exact) mass is 543 g/mol. The molecule has 1 fully saturated rings. The number of benzene rings is 2. The molecule has 0 bridgehead atoms. The van der Waals surface area contributed by atoms with Crippen molar-refractivity contribution in [1.29, 1.82) is 0 Å². The van der Waals surface area contributed by atoms with Gasteiger partial charge in [0.1, 0.15) is 11.6 Å². The van der Waals surface area contributed by atoms with Crippen LogP contribution in [-0.2, 0) is 11.0 Å². The maximum Gasteiger partial charge on any atom is 0.346 e. The molecule has 1 heterocycles. The zero-order chi connectivity index (χ0) is 27.8. The summed E-state index contributed by atoms with van der Waals surface area (Å²) in [5.41, 5.74) is -0.537. The van der Waals surface area contributed by atoms with Crippen LogP contribution in [0.5, 0.6) is 5.75 Å². The standard InChI is InChI=1S/C29H32F3NO4Si/c1-29(2,3)38(4,5)36-17-19-11-7-12-21(26(19)31)28(35)37-20-15-24(18-9-6-10-18)33(25(34)16-20)23-14-8-13-22(30)27(23)32/h7-8,11-16,18H,6,9-10,17H2,1-5H3. The van der Waals surface area contributed by atoms with E-state index in [0.717, 1.165) is 36.0 Å². The van der Waals surface area contributed by atoms with Crippen LogP contribution in [0.1, 0.15) is 67.6 Å².